The zero-order valence-electron chi connectivity index (χ0n) is 14.6. The summed E-state index contributed by atoms with van der Waals surface area (Å²) in [5, 5.41) is 3.93. The lowest BCUT2D eigenvalue weighted by molar-refractivity contribution is -0.121. The summed E-state index contributed by atoms with van der Waals surface area (Å²) in [5.41, 5.74) is 0. The van der Waals surface area contributed by atoms with E-state index in [9.17, 15) is 4.79 Å². The van der Waals surface area contributed by atoms with Gasteiger partial charge in [0.15, 0.2) is 0 Å². The summed E-state index contributed by atoms with van der Waals surface area (Å²) in [7, 11) is 0. The van der Waals surface area contributed by atoms with E-state index in [0.717, 1.165) is 36.8 Å². The Morgan fingerprint density at radius 2 is 2.25 bits per heavy atom. The molecular formula is C19H29ClN2OS. The van der Waals surface area contributed by atoms with Crippen LogP contribution in [-0.2, 0) is 4.79 Å². The number of thioether (sulfide) groups is 1. The third-order valence-corrected chi connectivity index (χ3v) is 5.98. The van der Waals surface area contributed by atoms with E-state index in [0.29, 0.717) is 12.3 Å². The predicted octanol–water partition coefficient (Wildman–Crippen LogP) is 4.45. The van der Waals surface area contributed by atoms with Gasteiger partial charge in [-0.2, -0.15) is 0 Å². The molecule has 0 aliphatic carbocycles. The number of carbonyl (C=O) groups excluding carboxylic acids is 1. The van der Waals surface area contributed by atoms with Crippen molar-refractivity contribution in [1.82, 2.24) is 10.2 Å². The number of piperidine rings is 1. The molecule has 1 atom stereocenters. The van der Waals surface area contributed by atoms with Gasteiger partial charge in [0.25, 0.3) is 0 Å². The van der Waals surface area contributed by atoms with Gasteiger partial charge in [-0.25, -0.2) is 0 Å². The molecule has 24 heavy (non-hydrogen) atoms. The van der Waals surface area contributed by atoms with Gasteiger partial charge in [-0.05, 0) is 62.6 Å². The van der Waals surface area contributed by atoms with E-state index in [2.05, 4.69) is 16.3 Å². The van der Waals surface area contributed by atoms with Gasteiger partial charge >= 0.3 is 0 Å². The van der Waals surface area contributed by atoms with Crippen molar-refractivity contribution in [1.29, 1.82) is 0 Å². The van der Waals surface area contributed by atoms with Gasteiger partial charge in [0, 0.05) is 24.4 Å². The first-order valence-corrected chi connectivity index (χ1v) is 10.4. The summed E-state index contributed by atoms with van der Waals surface area (Å²) in [6.45, 7) is 6.32. The minimum Gasteiger partial charge on any atom is -0.356 e. The molecule has 5 heteroatoms. The molecule has 134 valence electrons. The van der Waals surface area contributed by atoms with E-state index < -0.39 is 0 Å². The molecule has 0 saturated carbocycles. The first-order chi connectivity index (χ1) is 11.7. The maximum absolute atomic E-state index is 11.6. The fraction of sp³-hybridized carbons (Fsp3) is 0.632. The average Bonchev–Trinajstić information content (AvgIpc) is 2.59. The number of hydrogen-bond donors (Lipinski definition) is 1. The highest BCUT2D eigenvalue weighted by Gasteiger charge is 2.19. The number of halogens is 1. The van der Waals surface area contributed by atoms with Crippen molar-refractivity contribution < 1.29 is 4.79 Å². The van der Waals surface area contributed by atoms with Crippen LogP contribution < -0.4 is 5.32 Å². The van der Waals surface area contributed by atoms with E-state index in [1.807, 2.05) is 36.9 Å². The maximum Gasteiger partial charge on any atom is 0.219 e. The first-order valence-electron chi connectivity index (χ1n) is 9.05. The van der Waals surface area contributed by atoms with Gasteiger partial charge in [-0.3, -0.25) is 4.79 Å². The highest BCUT2D eigenvalue weighted by Crippen LogP contribution is 2.27. The highest BCUT2D eigenvalue weighted by atomic mass is 35.5. The molecule has 1 N–H and O–H groups in total. The molecule has 1 aromatic carbocycles. The predicted molar refractivity (Wildman–Crippen MR) is 104 cm³/mol. The minimum absolute atomic E-state index is 0.200. The van der Waals surface area contributed by atoms with Gasteiger partial charge in [0.1, 0.15) is 0 Å². The van der Waals surface area contributed by atoms with E-state index in [4.69, 9.17) is 11.6 Å². The van der Waals surface area contributed by atoms with Crippen molar-refractivity contribution in [3.8, 4) is 0 Å². The second-order valence-electron chi connectivity index (χ2n) is 6.50. The molecule has 2 rings (SSSR count). The molecule has 0 bridgehead atoms. The van der Waals surface area contributed by atoms with Crippen molar-refractivity contribution in [2.24, 2.45) is 5.92 Å². The Labute approximate surface area is 155 Å². The fourth-order valence-corrected chi connectivity index (χ4v) is 4.30. The normalized spacial score (nSPS) is 18.5. The lowest BCUT2D eigenvalue weighted by Crippen LogP contribution is -2.41. The number of benzene rings is 1. The second-order valence-corrected chi connectivity index (χ2v) is 8.04. The van der Waals surface area contributed by atoms with Gasteiger partial charge in [0.2, 0.25) is 5.91 Å². The SMILES string of the molecule is CCCC(=O)NCC1CCCN(CCCSc2ccccc2Cl)C1. The van der Waals surface area contributed by atoms with Crippen molar-refractivity contribution >= 4 is 29.3 Å². The largest absolute Gasteiger partial charge is 0.356 e. The molecule has 1 saturated heterocycles. The van der Waals surface area contributed by atoms with Crippen LogP contribution in [0.25, 0.3) is 0 Å². The van der Waals surface area contributed by atoms with Crippen molar-refractivity contribution in [3.63, 3.8) is 0 Å². The molecule has 0 aromatic heterocycles. The van der Waals surface area contributed by atoms with Crippen LogP contribution in [0.15, 0.2) is 29.2 Å². The molecule has 1 aromatic rings. The zero-order valence-corrected chi connectivity index (χ0v) is 16.2. The summed E-state index contributed by atoms with van der Waals surface area (Å²) in [6, 6.07) is 8.05. The number of hydrogen-bond acceptors (Lipinski definition) is 3. The molecule has 0 radical (unpaired) electrons. The fourth-order valence-electron chi connectivity index (χ4n) is 3.13. The number of carbonyl (C=O) groups is 1. The Morgan fingerprint density at radius 3 is 3.04 bits per heavy atom. The molecule has 1 amide bonds. The standard InChI is InChI=1S/C19H29ClN2OS/c1-2-7-19(23)21-14-16-8-5-11-22(15-16)12-6-13-24-18-10-4-3-9-17(18)20/h3-4,9-10,16H,2,5-8,11-15H2,1H3,(H,21,23). The Kier molecular flexibility index (Phi) is 9.00. The first kappa shape index (κ1) is 19.6. The van der Waals surface area contributed by atoms with E-state index in [-0.39, 0.29) is 5.91 Å². The third-order valence-electron chi connectivity index (χ3n) is 4.38. The van der Waals surface area contributed by atoms with Gasteiger partial charge in [-0.15, -0.1) is 11.8 Å². The second kappa shape index (κ2) is 11.0. The Balaban J connectivity index is 1.62. The number of likely N-dealkylation sites (tertiary alicyclic amines) is 1. The lowest BCUT2D eigenvalue weighted by atomic mass is 9.98. The number of rotatable bonds is 9. The summed E-state index contributed by atoms with van der Waals surface area (Å²) in [5.74, 6) is 1.90. The minimum atomic E-state index is 0.200. The van der Waals surface area contributed by atoms with Crippen LogP contribution in [0.5, 0.6) is 0 Å². The van der Waals surface area contributed by atoms with Crippen LogP contribution in [0.4, 0.5) is 0 Å². The number of amides is 1. The monoisotopic (exact) mass is 368 g/mol. The maximum atomic E-state index is 11.6. The van der Waals surface area contributed by atoms with E-state index in [1.165, 1.54) is 30.7 Å². The van der Waals surface area contributed by atoms with E-state index in [1.54, 1.807) is 0 Å². The van der Waals surface area contributed by atoms with Crippen LogP contribution in [0.1, 0.15) is 39.0 Å². The number of nitrogens with zero attached hydrogens (tertiary/aromatic N) is 1. The molecule has 1 aliphatic rings. The van der Waals surface area contributed by atoms with Gasteiger partial charge in [-0.1, -0.05) is 30.7 Å². The molecule has 3 nitrogen and oxygen atoms in total. The topological polar surface area (TPSA) is 32.3 Å². The third kappa shape index (κ3) is 7.04. The molecule has 1 fully saturated rings. The zero-order chi connectivity index (χ0) is 17.2. The quantitative estimate of drug-likeness (QED) is 0.516. The lowest BCUT2D eigenvalue weighted by Gasteiger charge is -2.32. The van der Waals surface area contributed by atoms with Crippen LogP contribution >= 0.6 is 23.4 Å². The van der Waals surface area contributed by atoms with Crippen LogP contribution in [0.2, 0.25) is 5.02 Å². The Morgan fingerprint density at radius 1 is 1.42 bits per heavy atom. The molecular weight excluding hydrogens is 340 g/mol. The van der Waals surface area contributed by atoms with Crippen molar-refractivity contribution in [2.75, 3.05) is 31.9 Å². The summed E-state index contributed by atoms with van der Waals surface area (Å²) >= 11 is 8.03. The molecule has 1 heterocycles. The summed E-state index contributed by atoms with van der Waals surface area (Å²) < 4.78 is 0. The van der Waals surface area contributed by atoms with Crippen molar-refractivity contribution in [2.45, 2.75) is 43.9 Å². The molecule has 0 spiro atoms. The average molecular weight is 369 g/mol. The van der Waals surface area contributed by atoms with Crippen LogP contribution in [0, 0.1) is 5.92 Å². The molecule has 1 unspecified atom stereocenters. The summed E-state index contributed by atoms with van der Waals surface area (Å²) in [4.78, 5) is 15.3. The number of nitrogens with one attached hydrogen (secondary N) is 1. The molecule has 1 aliphatic heterocycles. The highest BCUT2D eigenvalue weighted by molar-refractivity contribution is 7.99. The smallest absolute Gasteiger partial charge is 0.219 e. The van der Waals surface area contributed by atoms with E-state index >= 15 is 0 Å². The van der Waals surface area contributed by atoms with Crippen LogP contribution in [-0.4, -0.2) is 42.7 Å². The van der Waals surface area contributed by atoms with Gasteiger partial charge in [0.05, 0.1) is 5.02 Å². The Bertz CT molecular complexity index is 512. The Hall–Kier alpha value is -0.710. The van der Waals surface area contributed by atoms with Gasteiger partial charge < -0.3 is 10.2 Å². The summed E-state index contributed by atoms with van der Waals surface area (Å²) in [6.07, 6.45) is 5.22. The van der Waals surface area contributed by atoms with Crippen LogP contribution in [0.3, 0.4) is 0 Å². The van der Waals surface area contributed by atoms with Crippen molar-refractivity contribution in [3.05, 3.63) is 29.3 Å².